The molecule has 1 unspecified atom stereocenters. The molecule has 2 aliphatic rings. The van der Waals surface area contributed by atoms with Crippen LogP contribution in [0, 0.1) is 11.8 Å². The maximum atomic E-state index is 12.9. The third-order valence-corrected chi connectivity index (χ3v) is 6.11. The van der Waals surface area contributed by atoms with Crippen molar-refractivity contribution in [2.45, 2.75) is 32.1 Å². The van der Waals surface area contributed by atoms with Crippen LogP contribution in [0.15, 0.2) is 54.6 Å². The van der Waals surface area contributed by atoms with Crippen LogP contribution < -0.4 is 0 Å². The largest absolute Gasteiger partial charge is 0.303 e. The number of nitrogens with zero attached hydrogens (tertiary/aromatic N) is 1. The first-order chi connectivity index (χ1) is 12.3. The number of hydrogen-bond donors (Lipinski definition) is 0. The Morgan fingerprint density at radius 3 is 2.40 bits per heavy atom. The second-order valence-electron chi connectivity index (χ2n) is 7.58. The molecule has 2 aromatic rings. The van der Waals surface area contributed by atoms with Crippen LogP contribution in [0.3, 0.4) is 0 Å². The zero-order valence-corrected chi connectivity index (χ0v) is 14.9. The van der Waals surface area contributed by atoms with Crippen molar-refractivity contribution >= 4 is 5.78 Å². The molecule has 1 saturated heterocycles. The molecule has 0 amide bonds. The lowest BCUT2D eigenvalue weighted by Crippen LogP contribution is -2.40. The fraction of sp³-hybridized carbons (Fsp3) is 0.435. The van der Waals surface area contributed by atoms with Crippen molar-refractivity contribution in [2.75, 3.05) is 19.6 Å². The van der Waals surface area contributed by atoms with Gasteiger partial charge in [0.15, 0.2) is 5.78 Å². The molecule has 1 atom stereocenters. The first-order valence-corrected chi connectivity index (χ1v) is 9.69. The summed E-state index contributed by atoms with van der Waals surface area (Å²) in [6.45, 7) is 3.42. The fourth-order valence-corrected chi connectivity index (χ4v) is 4.58. The lowest BCUT2D eigenvalue weighted by atomic mass is 9.73. The molecule has 4 rings (SSSR count). The molecule has 0 bridgehead atoms. The fourth-order valence-electron chi connectivity index (χ4n) is 4.58. The summed E-state index contributed by atoms with van der Waals surface area (Å²) in [5.41, 5.74) is 3.66. The Hall–Kier alpha value is -1.93. The lowest BCUT2D eigenvalue weighted by Gasteiger charge is -2.37. The van der Waals surface area contributed by atoms with E-state index < -0.39 is 0 Å². The van der Waals surface area contributed by atoms with Crippen LogP contribution in [-0.4, -0.2) is 30.3 Å². The normalized spacial score (nSPS) is 21.9. The van der Waals surface area contributed by atoms with Crippen LogP contribution >= 0.6 is 0 Å². The third-order valence-electron chi connectivity index (χ3n) is 6.11. The molecule has 130 valence electrons. The molecule has 1 fully saturated rings. The third kappa shape index (κ3) is 3.69. The van der Waals surface area contributed by atoms with Gasteiger partial charge in [-0.3, -0.25) is 4.79 Å². The summed E-state index contributed by atoms with van der Waals surface area (Å²) < 4.78 is 0. The van der Waals surface area contributed by atoms with Crippen molar-refractivity contribution in [1.82, 2.24) is 4.90 Å². The molecule has 2 aromatic carbocycles. The molecule has 0 saturated carbocycles. The highest BCUT2D eigenvalue weighted by atomic mass is 16.1. The van der Waals surface area contributed by atoms with Gasteiger partial charge in [0, 0.05) is 18.0 Å². The lowest BCUT2D eigenvalue weighted by molar-refractivity contribution is 0.0769. The first kappa shape index (κ1) is 16.5. The molecule has 0 aromatic heterocycles. The number of benzene rings is 2. The summed E-state index contributed by atoms with van der Waals surface area (Å²) in [5, 5.41) is 0. The molecule has 1 heterocycles. The maximum absolute atomic E-state index is 12.9. The number of piperidine rings is 1. The van der Waals surface area contributed by atoms with Crippen LogP contribution in [0.1, 0.15) is 40.7 Å². The van der Waals surface area contributed by atoms with Gasteiger partial charge in [0.25, 0.3) is 0 Å². The molecule has 1 aliphatic heterocycles. The van der Waals surface area contributed by atoms with Gasteiger partial charge in [0.05, 0.1) is 0 Å². The van der Waals surface area contributed by atoms with Crippen molar-refractivity contribution in [3.05, 3.63) is 71.3 Å². The van der Waals surface area contributed by atoms with Gasteiger partial charge in [-0.05, 0) is 62.2 Å². The molecular weight excluding hydrogens is 306 g/mol. The molecular formula is C23H27NO. The summed E-state index contributed by atoms with van der Waals surface area (Å²) in [4.78, 5) is 15.5. The molecule has 25 heavy (non-hydrogen) atoms. The Labute approximate surface area is 150 Å². The van der Waals surface area contributed by atoms with Crippen molar-refractivity contribution in [1.29, 1.82) is 0 Å². The van der Waals surface area contributed by atoms with Gasteiger partial charge in [0.2, 0.25) is 0 Å². The highest BCUT2D eigenvalue weighted by Gasteiger charge is 2.34. The van der Waals surface area contributed by atoms with Gasteiger partial charge in [-0.25, -0.2) is 0 Å². The Kier molecular flexibility index (Phi) is 4.98. The number of fused-ring (bicyclic) bond motifs is 1. The van der Waals surface area contributed by atoms with Crippen molar-refractivity contribution in [3.8, 4) is 0 Å². The minimum absolute atomic E-state index is 0.256. The summed E-state index contributed by atoms with van der Waals surface area (Å²) >= 11 is 0. The van der Waals surface area contributed by atoms with Gasteiger partial charge in [-0.15, -0.1) is 0 Å². The Morgan fingerprint density at radius 2 is 1.60 bits per heavy atom. The van der Waals surface area contributed by atoms with E-state index in [9.17, 15) is 4.79 Å². The number of carbonyl (C=O) groups excluding carboxylic acids is 1. The quantitative estimate of drug-likeness (QED) is 0.827. The van der Waals surface area contributed by atoms with Gasteiger partial charge in [-0.1, -0.05) is 54.6 Å². The average Bonchev–Trinajstić information content (AvgIpc) is 2.68. The summed E-state index contributed by atoms with van der Waals surface area (Å²) in [5.74, 6) is 1.24. The molecule has 2 heteroatoms. The van der Waals surface area contributed by atoms with Crippen LogP contribution in [0.25, 0.3) is 0 Å². The average molecular weight is 333 g/mol. The molecule has 0 N–H and O–H groups in total. The van der Waals surface area contributed by atoms with Crippen molar-refractivity contribution in [2.24, 2.45) is 11.8 Å². The Morgan fingerprint density at radius 1 is 0.880 bits per heavy atom. The number of likely N-dealkylation sites (tertiary alicyclic amines) is 1. The predicted octanol–water partition coefficient (Wildman–Crippen LogP) is 4.39. The first-order valence-electron chi connectivity index (χ1n) is 9.69. The molecule has 0 spiro atoms. The van der Waals surface area contributed by atoms with Gasteiger partial charge < -0.3 is 4.90 Å². The van der Waals surface area contributed by atoms with Gasteiger partial charge >= 0.3 is 0 Å². The maximum Gasteiger partial charge on any atom is 0.166 e. The van der Waals surface area contributed by atoms with Crippen molar-refractivity contribution < 1.29 is 4.79 Å². The topological polar surface area (TPSA) is 20.3 Å². The van der Waals surface area contributed by atoms with Crippen molar-refractivity contribution in [3.63, 3.8) is 0 Å². The highest BCUT2D eigenvalue weighted by molar-refractivity contribution is 6.00. The van der Waals surface area contributed by atoms with E-state index in [1.54, 1.807) is 0 Å². The predicted molar refractivity (Wildman–Crippen MR) is 102 cm³/mol. The number of carbonyl (C=O) groups is 1. The van der Waals surface area contributed by atoms with E-state index in [4.69, 9.17) is 0 Å². The van der Waals surface area contributed by atoms with Crippen LogP contribution in [0.4, 0.5) is 0 Å². The van der Waals surface area contributed by atoms with Gasteiger partial charge in [-0.2, -0.15) is 0 Å². The van der Waals surface area contributed by atoms with Crippen LogP contribution in [-0.2, 0) is 12.8 Å². The minimum atomic E-state index is 0.256. The van der Waals surface area contributed by atoms with Crippen LogP contribution in [0.5, 0.6) is 0 Å². The highest BCUT2D eigenvalue weighted by Crippen LogP contribution is 2.35. The number of Topliss-reactive ketones (excluding diaryl/α,β-unsaturated/α-hetero) is 1. The number of aryl methyl sites for hydroxylation is 1. The van der Waals surface area contributed by atoms with E-state index in [-0.39, 0.29) is 5.92 Å². The second kappa shape index (κ2) is 7.53. The molecule has 1 aliphatic carbocycles. The van der Waals surface area contributed by atoms with E-state index in [1.165, 1.54) is 24.0 Å². The van der Waals surface area contributed by atoms with E-state index in [1.807, 2.05) is 12.1 Å². The zero-order valence-electron chi connectivity index (χ0n) is 14.9. The van der Waals surface area contributed by atoms with E-state index >= 15 is 0 Å². The zero-order chi connectivity index (χ0) is 17.1. The number of hydrogen-bond acceptors (Lipinski definition) is 2. The van der Waals surface area contributed by atoms with E-state index in [0.29, 0.717) is 11.7 Å². The van der Waals surface area contributed by atoms with Gasteiger partial charge in [0.1, 0.15) is 0 Å². The van der Waals surface area contributed by atoms with E-state index in [2.05, 4.69) is 47.4 Å². The smallest absolute Gasteiger partial charge is 0.166 e. The number of rotatable bonds is 4. The van der Waals surface area contributed by atoms with Crippen LogP contribution in [0.2, 0.25) is 0 Å². The summed E-state index contributed by atoms with van der Waals surface area (Å²) in [6, 6.07) is 18.9. The Bertz CT molecular complexity index is 716. The monoisotopic (exact) mass is 333 g/mol. The number of ketones is 1. The molecule has 0 radical (unpaired) electrons. The summed E-state index contributed by atoms with van der Waals surface area (Å²) in [6.07, 6.45) is 5.59. The minimum Gasteiger partial charge on any atom is -0.303 e. The standard InChI is InChI=1S/C23H27NO/c25-23-21-9-5-4-8-19(21)10-11-22(23)20-13-16-24(17-14-20)15-12-18-6-2-1-3-7-18/h1-9,20,22H,10-17H2. The van der Waals surface area contributed by atoms with E-state index in [0.717, 1.165) is 44.5 Å². The molecule has 2 nitrogen and oxygen atoms in total. The summed E-state index contributed by atoms with van der Waals surface area (Å²) in [7, 11) is 0. The Balaban J connectivity index is 1.31. The SMILES string of the molecule is O=C1c2ccccc2CCC1C1CCN(CCc2ccccc2)CC1. The second-order valence-corrected chi connectivity index (χ2v) is 7.58.